The van der Waals surface area contributed by atoms with Gasteiger partial charge in [0.25, 0.3) is 0 Å². The molecule has 0 saturated heterocycles. The number of rotatable bonds is 4. The molecule has 4 N–H and O–H groups in total. The van der Waals surface area contributed by atoms with Gasteiger partial charge < -0.3 is 20.7 Å². The fourth-order valence-electron chi connectivity index (χ4n) is 1.32. The second kappa shape index (κ2) is 5.90. The van der Waals surface area contributed by atoms with Crippen molar-refractivity contribution in [3.63, 3.8) is 0 Å². The van der Waals surface area contributed by atoms with E-state index in [9.17, 15) is 4.79 Å². The molecule has 0 aromatic heterocycles. The van der Waals surface area contributed by atoms with Gasteiger partial charge in [-0.2, -0.15) is 0 Å². The number of methoxy groups -OCH3 is 1. The predicted molar refractivity (Wildman–Crippen MR) is 71.3 cm³/mol. The summed E-state index contributed by atoms with van der Waals surface area (Å²) in [5, 5.41) is 10.1. The predicted octanol–water partition coefficient (Wildman–Crippen LogP) is 1.46. The minimum atomic E-state index is -0.216. The van der Waals surface area contributed by atoms with Crippen LogP contribution >= 0.6 is 0 Å². The molecule has 2 amide bonds. The molecule has 0 aliphatic heterocycles. The number of hydrogen-bond donors (Lipinski definition) is 3. The van der Waals surface area contributed by atoms with E-state index in [1.807, 2.05) is 6.92 Å². The molecule has 0 atom stereocenters. The molecule has 0 bridgehead atoms. The Labute approximate surface area is 106 Å². The van der Waals surface area contributed by atoms with Crippen LogP contribution < -0.4 is 15.8 Å². The van der Waals surface area contributed by atoms with Crippen LogP contribution in [0.2, 0.25) is 0 Å². The summed E-state index contributed by atoms with van der Waals surface area (Å²) >= 11 is 0. The molecule has 98 valence electrons. The number of amidine groups is 1. The van der Waals surface area contributed by atoms with Crippen molar-refractivity contribution in [1.29, 1.82) is 5.41 Å². The summed E-state index contributed by atoms with van der Waals surface area (Å²) in [7, 11) is 3.20. The summed E-state index contributed by atoms with van der Waals surface area (Å²) in [6.07, 6.45) is 0. The van der Waals surface area contributed by atoms with E-state index >= 15 is 0 Å². The number of carbonyl (C=O) groups is 1. The Kier molecular flexibility index (Phi) is 4.53. The zero-order valence-corrected chi connectivity index (χ0v) is 10.8. The quantitative estimate of drug-likeness (QED) is 0.558. The van der Waals surface area contributed by atoms with Crippen LogP contribution in [0.15, 0.2) is 18.2 Å². The molecular weight excluding hydrogens is 232 g/mol. The first-order chi connectivity index (χ1) is 8.49. The molecule has 1 aromatic rings. The number of carbonyl (C=O) groups excluding carboxylic acids is 1. The number of nitrogens with two attached hydrogens (primary N) is 1. The van der Waals surface area contributed by atoms with Crippen LogP contribution in [-0.4, -0.2) is 37.5 Å². The molecule has 6 nitrogen and oxygen atoms in total. The Morgan fingerprint density at radius 3 is 2.72 bits per heavy atom. The van der Waals surface area contributed by atoms with Gasteiger partial charge >= 0.3 is 6.03 Å². The van der Waals surface area contributed by atoms with Gasteiger partial charge in [0, 0.05) is 19.2 Å². The summed E-state index contributed by atoms with van der Waals surface area (Å²) < 4.78 is 5.16. The number of nitrogens with one attached hydrogen (secondary N) is 2. The van der Waals surface area contributed by atoms with E-state index in [4.69, 9.17) is 15.9 Å². The van der Waals surface area contributed by atoms with Crippen molar-refractivity contribution in [3.8, 4) is 5.75 Å². The van der Waals surface area contributed by atoms with Gasteiger partial charge in [0.2, 0.25) is 0 Å². The normalized spacial score (nSPS) is 9.72. The summed E-state index contributed by atoms with van der Waals surface area (Å²) in [6.45, 7) is 2.50. The molecule has 0 aliphatic rings. The lowest BCUT2D eigenvalue weighted by molar-refractivity contribution is 0.224. The Morgan fingerprint density at radius 1 is 1.56 bits per heavy atom. The number of amides is 2. The lowest BCUT2D eigenvalue weighted by Crippen LogP contribution is -2.31. The van der Waals surface area contributed by atoms with E-state index in [2.05, 4.69) is 5.32 Å². The van der Waals surface area contributed by atoms with E-state index < -0.39 is 0 Å². The zero-order chi connectivity index (χ0) is 13.7. The highest BCUT2D eigenvalue weighted by Crippen LogP contribution is 2.25. The maximum Gasteiger partial charge on any atom is 0.321 e. The van der Waals surface area contributed by atoms with Crippen molar-refractivity contribution >= 4 is 17.6 Å². The van der Waals surface area contributed by atoms with Gasteiger partial charge in [-0.25, -0.2) is 4.79 Å². The van der Waals surface area contributed by atoms with Crippen molar-refractivity contribution in [2.45, 2.75) is 6.92 Å². The molecule has 0 spiro atoms. The smallest absolute Gasteiger partial charge is 0.321 e. The van der Waals surface area contributed by atoms with E-state index in [-0.39, 0.29) is 11.9 Å². The Morgan fingerprint density at radius 2 is 2.22 bits per heavy atom. The first kappa shape index (κ1) is 13.8. The average molecular weight is 250 g/mol. The molecule has 6 heteroatoms. The monoisotopic (exact) mass is 250 g/mol. The van der Waals surface area contributed by atoms with Gasteiger partial charge in [-0.05, 0) is 25.1 Å². The molecule has 0 unspecified atom stereocenters. The second-order valence-corrected chi connectivity index (χ2v) is 3.77. The molecule has 0 radical (unpaired) electrons. The van der Waals surface area contributed by atoms with Crippen molar-refractivity contribution in [1.82, 2.24) is 4.90 Å². The van der Waals surface area contributed by atoms with Crippen molar-refractivity contribution in [2.75, 3.05) is 26.0 Å². The van der Waals surface area contributed by atoms with Crippen LogP contribution in [0.25, 0.3) is 0 Å². The van der Waals surface area contributed by atoms with E-state index in [1.165, 1.54) is 7.11 Å². The Balaban J connectivity index is 2.96. The van der Waals surface area contributed by atoms with Crippen molar-refractivity contribution in [2.24, 2.45) is 5.73 Å². The van der Waals surface area contributed by atoms with Crippen molar-refractivity contribution in [3.05, 3.63) is 23.8 Å². The fraction of sp³-hybridized carbons (Fsp3) is 0.333. The third-order valence-electron chi connectivity index (χ3n) is 2.58. The minimum Gasteiger partial charge on any atom is -0.495 e. The maximum absolute atomic E-state index is 11.7. The molecule has 0 saturated carbocycles. The van der Waals surface area contributed by atoms with Crippen LogP contribution in [0.1, 0.15) is 12.5 Å². The van der Waals surface area contributed by atoms with E-state index in [1.54, 1.807) is 30.1 Å². The highest BCUT2D eigenvalue weighted by molar-refractivity contribution is 5.97. The SMILES string of the molecule is CCN(C)C(=O)Nc1ccc(C(=N)N)cc1OC. The van der Waals surface area contributed by atoms with Crippen LogP contribution in [0.4, 0.5) is 10.5 Å². The lowest BCUT2D eigenvalue weighted by atomic mass is 10.1. The standard InChI is InChI=1S/C12H18N4O2/c1-4-16(2)12(17)15-9-6-5-8(11(13)14)7-10(9)18-3/h5-7H,4H2,1-3H3,(H3,13,14)(H,15,17). The Bertz CT molecular complexity index is 459. The highest BCUT2D eigenvalue weighted by Gasteiger charge is 2.11. The third kappa shape index (κ3) is 3.13. The summed E-state index contributed by atoms with van der Waals surface area (Å²) in [5.41, 5.74) is 6.49. The highest BCUT2D eigenvalue weighted by atomic mass is 16.5. The van der Waals surface area contributed by atoms with Gasteiger partial charge in [-0.1, -0.05) is 0 Å². The number of benzene rings is 1. The number of anilines is 1. The van der Waals surface area contributed by atoms with Gasteiger partial charge in [0.05, 0.1) is 12.8 Å². The topological polar surface area (TPSA) is 91.4 Å². The summed E-state index contributed by atoms with van der Waals surface area (Å²) in [4.78, 5) is 13.3. The summed E-state index contributed by atoms with van der Waals surface area (Å²) in [5.74, 6) is 0.428. The molecular formula is C12H18N4O2. The van der Waals surface area contributed by atoms with Gasteiger partial charge in [0.15, 0.2) is 0 Å². The van der Waals surface area contributed by atoms with Crippen molar-refractivity contribution < 1.29 is 9.53 Å². The zero-order valence-electron chi connectivity index (χ0n) is 10.8. The Hall–Kier alpha value is -2.24. The second-order valence-electron chi connectivity index (χ2n) is 3.77. The van der Waals surface area contributed by atoms with Crippen LogP contribution in [0.3, 0.4) is 0 Å². The van der Waals surface area contributed by atoms with Gasteiger partial charge in [-0.3, -0.25) is 5.41 Å². The molecule has 0 aliphatic carbocycles. The van der Waals surface area contributed by atoms with Crippen LogP contribution in [-0.2, 0) is 0 Å². The fourth-order valence-corrected chi connectivity index (χ4v) is 1.32. The number of urea groups is 1. The summed E-state index contributed by atoms with van der Waals surface area (Å²) in [6, 6.07) is 4.72. The van der Waals surface area contributed by atoms with Gasteiger partial charge in [-0.15, -0.1) is 0 Å². The molecule has 1 aromatic carbocycles. The maximum atomic E-state index is 11.7. The number of nitrogen functional groups attached to an aromatic ring is 1. The number of nitrogens with zero attached hydrogens (tertiary/aromatic N) is 1. The third-order valence-corrected chi connectivity index (χ3v) is 2.58. The van der Waals surface area contributed by atoms with Gasteiger partial charge in [0.1, 0.15) is 11.6 Å². The first-order valence-electron chi connectivity index (χ1n) is 5.54. The first-order valence-corrected chi connectivity index (χ1v) is 5.54. The molecule has 0 fully saturated rings. The van der Waals surface area contributed by atoms with E-state index in [0.717, 1.165) is 0 Å². The number of hydrogen-bond acceptors (Lipinski definition) is 3. The number of ether oxygens (including phenoxy) is 1. The van der Waals surface area contributed by atoms with E-state index in [0.29, 0.717) is 23.5 Å². The lowest BCUT2D eigenvalue weighted by Gasteiger charge is -2.17. The minimum absolute atomic E-state index is 0.0446. The molecule has 18 heavy (non-hydrogen) atoms. The van der Waals surface area contributed by atoms with Crippen LogP contribution in [0.5, 0.6) is 5.75 Å². The molecule has 1 rings (SSSR count). The largest absolute Gasteiger partial charge is 0.495 e. The average Bonchev–Trinajstić information content (AvgIpc) is 2.37. The van der Waals surface area contributed by atoms with Crippen LogP contribution in [0, 0.1) is 5.41 Å². The molecule has 0 heterocycles.